The third-order valence-corrected chi connectivity index (χ3v) is 3.81. The quantitative estimate of drug-likeness (QED) is 0.592. The van der Waals surface area contributed by atoms with Crippen molar-refractivity contribution in [3.8, 4) is 0 Å². The van der Waals surface area contributed by atoms with Crippen LogP contribution < -0.4 is 5.32 Å². The highest BCUT2D eigenvalue weighted by molar-refractivity contribution is 5.82. The highest BCUT2D eigenvalue weighted by Crippen LogP contribution is 2.24. The van der Waals surface area contributed by atoms with Gasteiger partial charge in [0.05, 0.1) is 13.1 Å². The van der Waals surface area contributed by atoms with Crippen LogP contribution >= 0.6 is 0 Å². The molecule has 23 heavy (non-hydrogen) atoms. The summed E-state index contributed by atoms with van der Waals surface area (Å²) < 4.78 is 10.8. The van der Waals surface area contributed by atoms with Gasteiger partial charge in [-0.3, -0.25) is 4.99 Å². The molecule has 6 heteroatoms. The minimum absolute atomic E-state index is 0.580. The highest BCUT2D eigenvalue weighted by atomic mass is 16.5. The molecule has 0 radical (unpaired) electrons. The average molecular weight is 312 g/mol. The van der Waals surface area contributed by atoms with Crippen LogP contribution in [0.25, 0.3) is 11.0 Å². The van der Waals surface area contributed by atoms with Gasteiger partial charge in [-0.15, -0.1) is 0 Å². The van der Waals surface area contributed by atoms with Gasteiger partial charge in [0.1, 0.15) is 23.3 Å². The maximum atomic E-state index is 5.92. The predicted molar refractivity (Wildman–Crippen MR) is 89.1 cm³/mol. The molecule has 0 unspecified atom stereocenters. The summed E-state index contributed by atoms with van der Waals surface area (Å²) in [6.45, 7) is 3.27. The molecule has 3 rings (SSSR count). The van der Waals surface area contributed by atoms with Crippen LogP contribution in [-0.2, 0) is 13.1 Å². The first-order valence-electron chi connectivity index (χ1n) is 7.47. The van der Waals surface area contributed by atoms with Crippen LogP contribution in [0.2, 0.25) is 0 Å². The lowest BCUT2D eigenvalue weighted by molar-refractivity contribution is 0.390. The Morgan fingerprint density at radius 2 is 2.13 bits per heavy atom. The summed E-state index contributed by atoms with van der Waals surface area (Å²) >= 11 is 0. The summed E-state index contributed by atoms with van der Waals surface area (Å²) in [6, 6.07) is 9.90. The zero-order chi connectivity index (χ0) is 16.2. The van der Waals surface area contributed by atoms with Crippen LogP contribution in [0.5, 0.6) is 0 Å². The van der Waals surface area contributed by atoms with Crippen molar-refractivity contribution in [3.63, 3.8) is 0 Å². The van der Waals surface area contributed by atoms with Crippen LogP contribution in [0.4, 0.5) is 0 Å². The van der Waals surface area contributed by atoms with E-state index in [0.29, 0.717) is 13.1 Å². The van der Waals surface area contributed by atoms with Crippen molar-refractivity contribution < 1.29 is 8.94 Å². The fraction of sp³-hybridized carbons (Fsp3) is 0.294. The smallest absolute Gasteiger partial charge is 0.194 e. The molecule has 120 valence electrons. The zero-order valence-corrected chi connectivity index (χ0v) is 13.5. The van der Waals surface area contributed by atoms with Crippen LogP contribution in [-0.4, -0.2) is 30.1 Å². The Balaban J connectivity index is 1.68. The molecule has 0 saturated carbocycles. The number of aryl methyl sites for hydroxylation is 1. The predicted octanol–water partition coefficient (Wildman–Crippen LogP) is 2.94. The van der Waals surface area contributed by atoms with Crippen molar-refractivity contribution in [2.75, 3.05) is 14.1 Å². The van der Waals surface area contributed by atoms with Gasteiger partial charge in [-0.1, -0.05) is 23.4 Å². The number of fused-ring (bicyclic) bond motifs is 1. The molecule has 3 aromatic rings. The molecule has 0 aliphatic carbocycles. The van der Waals surface area contributed by atoms with Crippen molar-refractivity contribution in [1.29, 1.82) is 0 Å². The summed E-state index contributed by atoms with van der Waals surface area (Å²) in [5.74, 6) is 1.69. The molecule has 0 bridgehead atoms. The minimum atomic E-state index is 0.580. The monoisotopic (exact) mass is 312 g/mol. The summed E-state index contributed by atoms with van der Waals surface area (Å²) in [6.07, 6.45) is 1.57. The number of hydrogen-bond acceptors (Lipinski definition) is 4. The number of furan rings is 1. The fourth-order valence-electron chi connectivity index (χ4n) is 2.57. The number of nitrogens with one attached hydrogen (secondary N) is 1. The number of guanidine groups is 1. The highest BCUT2D eigenvalue weighted by Gasteiger charge is 2.12. The SMILES string of the molecule is CN=C(NCc1oc2ccccc2c1C)N(C)Cc1ccon1. The van der Waals surface area contributed by atoms with E-state index in [1.807, 2.05) is 36.2 Å². The second kappa shape index (κ2) is 6.56. The molecular formula is C17H20N4O2. The second-order valence-electron chi connectivity index (χ2n) is 5.39. The average Bonchev–Trinajstić information content (AvgIpc) is 3.17. The summed E-state index contributed by atoms with van der Waals surface area (Å²) in [5.41, 5.74) is 2.92. The molecule has 0 spiro atoms. The van der Waals surface area contributed by atoms with Gasteiger partial charge in [-0.05, 0) is 13.0 Å². The lowest BCUT2D eigenvalue weighted by Crippen LogP contribution is -2.38. The molecule has 1 aromatic carbocycles. The van der Waals surface area contributed by atoms with E-state index in [-0.39, 0.29) is 0 Å². The van der Waals surface area contributed by atoms with Crippen LogP contribution in [0.15, 0.2) is 50.5 Å². The van der Waals surface area contributed by atoms with Gasteiger partial charge in [-0.2, -0.15) is 0 Å². The van der Waals surface area contributed by atoms with Crippen LogP contribution in [0.1, 0.15) is 17.0 Å². The summed E-state index contributed by atoms with van der Waals surface area (Å²) in [7, 11) is 3.71. The van der Waals surface area contributed by atoms with Crippen molar-refractivity contribution in [2.45, 2.75) is 20.0 Å². The molecule has 6 nitrogen and oxygen atoms in total. The molecule has 0 amide bonds. The maximum absolute atomic E-state index is 5.92. The molecule has 0 fully saturated rings. The van der Waals surface area contributed by atoms with Gasteiger partial charge >= 0.3 is 0 Å². The van der Waals surface area contributed by atoms with E-state index in [0.717, 1.165) is 33.9 Å². The van der Waals surface area contributed by atoms with Crippen molar-refractivity contribution in [2.24, 2.45) is 4.99 Å². The molecule has 2 aromatic heterocycles. The number of benzene rings is 1. The van der Waals surface area contributed by atoms with E-state index in [1.165, 1.54) is 0 Å². The molecule has 0 aliphatic rings. The van der Waals surface area contributed by atoms with Crippen molar-refractivity contribution >= 4 is 16.9 Å². The lowest BCUT2D eigenvalue weighted by atomic mass is 10.1. The first kappa shape index (κ1) is 15.1. The van der Waals surface area contributed by atoms with E-state index < -0.39 is 0 Å². The van der Waals surface area contributed by atoms with Gasteiger partial charge < -0.3 is 19.2 Å². The Bertz CT molecular complexity index is 805. The molecule has 0 saturated heterocycles. The van der Waals surface area contributed by atoms with Gasteiger partial charge in [0, 0.05) is 31.1 Å². The van der Waals surface area contributed by atoms with E-state index in [4.69, 9.17) is 8.94 Å². The Kier molecular flexibility index (Phi) is 4.32. The largest absolute Gasteiger partial charge is 0.459 e. The minimum Gasteiger partial charge on any atom is -0.459 e. The number of rotatable bonds is 4. The van der Waals surface area contributed by atoms with E-state index in [1.54, 1.807) is 13.3 Å². The van der Waals surface area contributed by atoms with Crippen molar-refractivity contribution in [3.05, 3.63) is 53.6 Å². The number of hydrogen-bond donors (Lipinski definition) is 1. The maximum Gasteiger partial charge on any atom is 0.194 e. The van der Waals surface area contributed by atoms with Gasteiger partial charge in [0.15, 0.2) is 5.96 Å². The summed E-state index contributed by atoms with van der Waals surface area (Å²) in [4.78, 5) is 6.28. The number of aromatic nitrogens is 1. The Morgan fingerprint density at radius 3 is 2.83 bits per heavy atom. The third-order valence-electron chi connectivity index (χ3n) is 3.81. The number of aliphatic imine (C=N–C) groups is 1. The topological polar surface area (TPSA) is 66.8 Å². The molecule has 0 atom stereocenters. The second-order valence-corrected chi connectivity index (χ2v) is 5.39. The van der Waals surface area contributed by atoms with Crippen LogP contribution in [0.3, 0.4) is 0 Å². The lowest BCUT2D eigenvalue weighted by Gasteiger charge is -2.20. The Morgan fingerprint density at radius 1 is 1.30 bits per heavy atom. The molecular weight excluding hydrogens is 292 g/mol. The Hall–Kier alpha value is -2.76. The van der Waals surface area contributed by atoms with Crippen LogP contribution in [0, 0.1) is 6.92 Å². The third kappa shape index (κ3) is 3.21. The molecule has 1 N–H and O–H groups in total. The first-order valence-corrected chi connectivity index (χ1v) is 7.47. The van der Waals surface area contributed by atoms with E-state index in [2.05, 4.69) is 28.5 Å². The normalized spacial score (nSPS) is 11.9. The van der Waals surface area contributed by atoms with E-state index >= 15 is 0 Å². The molecule has 0 aliphatic heterocycles. The van der Waals surface area contributed by atoms with Gasteiger partial charge in [0.2, 0.25) is 0 Å². The van der Waals surface area contributed by atoms with E-state index in [9.17, 15) is 0 Å². The molecule has 2 heterocycles. The van der Waals surface area contributed by atoms with Gasteiger partial charge in [0.25, 0.3) is 0 Å². The van der Waals surface area contributed by atoms with Gasteiger partial charge in [-0.25, -0.2) is 0 Å². The number of nitrogens with zero attached hydrogens (tertiary/aromatic N) is 3. The fourth-order valence-corrected chi connectivity index (χ4v) is 2.57. The standard InChI is InChI=1S/C17H20N4O2/c1-12-14-6-4-5-7-15(14)23-16(12)10-19-17(18-2)21(3)11-13-8-9-22-20-13/h4-9H,10-11H2,1-3H3,(H,18,19). The zero-order valence-electron chi connectivity index (χ0n) is 13.5. The Labute approximate surface area is 134 Å². The van der Waals surface area contributed by atoms with Crippen molar-refractivity contribution in [1.82, 2.24) is 15.4 Å². The number of para-hydroxylation sites is 1. The first-order chi connectivity index (χ1) is 11.2. The summed E-state index contributed by atoms with van der Waals surface area (Å²) in [5, 5.41) is 8.39.